The standard InChI is InChI=1S/C22H27Cl2N3O3/c1-3-10-27-18(14-26-11-6-5-7-12-26)19(21(28)30-4-2)20(25-22(27)29)16-9-8-15(23)13-17(16)24/h3,8-9,13,20H,1,4-7,10-12,14H2,2H3,(H,25,29)/t20-/m0/s1. The molecule has 8 heteroatoms. The van der Waals surface area contributed by atoms with Gasteiger partial charge >= 0.3 is 12.0 Å². The van der Waals surface area contributed by atoms with Crippen LogP contribution < -0.4 is 5.32 Å². The molecule has 2 amide bonds. The molecule has 1 aromatic rings. The van der Waals surface area contributed by atoms with E-state index < -0.39 is 12.0 Å². The van der Waals surface area contributed by atoms with Crippen LogP contribution in [0.5, 0.6) is 0 Å². The minimum atomic E-state index is -0.720. The van der Waals surface area contributed by atoms with Gasteiger partial charge in [-0.05, 0) is 50.6 Å². The Kier molecular flexibility index (Phi) is 7.81. The van der Waals surface area contributed by atoms with Crippen molar-refractivity contribution in [3.05, 3.63) is 57.7 Å². The van der Waals surface area contributed by atoms with Crippen molar-refractivity contribution < 1.29 is 14.3 Å². The molecule has 1 fully saturated rings. The van der Waals surface area contributed by atoms with Crippen molar-refractivity contribution in [1.29, 1.82) is 0 Å². The third kappa shape index (κ3) is 4.99. The Hall–Kier alpha value is -2.02. The summed E-state index contributed by atoms with van der Waals surface area (Å²) in [5.41, 5.74) is 1.63. The number of piperidine rings is 1. The zero-order chi connectivity index (χ0) is 21.7. The van der Waals surface area contributed by atoms with Crippen molar-refractivity contribution in [2.45, 2.75) is 32.2 Å². The average molecular weight is 452 g/mol. The number of esters is 1. The fourth-order valence-corrected chi connectivity index (χ4v) is 4.46. The lowest BCUT2D eigenvalue weighted by Gasteiger charge is -2.39. The predicted octanol–water partition coefficient (Wildman–Crippen LogP) is 4.55. The van der Waals surface area contributed by atoms with E-state index in [1.54, 1.807) is 36.1 Å². The van der Waals surface area contributed by atoms with Gasteiger partial charge in [-0.25, -0.2) is 9.59 Å². The number of carbonyl (C=O) groups is 2. The quantitative estimate of drug-likeness (QED) is 0.487. The second-order valence-electron chi connectivity index (χ2n) is 7.37. The predicted molar refractivity (Wildman–Crippen MR) is 119 cm³/mol. The molecule has 0 spiro atoms. The lowest BCUT2D eigenvalue weighted by molar-refractivity contribution is -0.139. The van der Waals surface area contributed by atoms with Gasteiger partial charge in [-0.2, -0.15) is 0 Å². The molecule has 162 valence electrons. The number of hydrogen-bond donors (Lipinski definition) is 1. The third-order valence-electron chi connectivity index (χ3n) is 5.34. The molecular weight excluding hydrogens is 425 g/mol. The number of rotatable bonds is 7. The van der Waals surface area contributed by atoms with Gasteiger partial charge in [0.2, 0.25) is 0 Å². The normalized spacial score (nSPS) is 20.2. The third-order valence-corrected chi connectivity index (χ3v) is 5.90. The van der Waals surface area contributed by atoms with Crippen LogP contribution in [-0.2, 0) is 9.53 Å². The zero-order valence-electron chi connectivity index (χ0n) is 17.1. The van der Waals surface area contributed by atoms with Crippen LogP contribution in [0, 0.1) is 0 Å². The number of halogens is 2. The second-order valence-corrected chi connectivity index (χ2v) is 8.21. The Morgan fingerprint density at radius 2 is 2.03 bits per heavy atom. The molecule has 0 aromatic heterocycles. The highest BCUT2D eigenvalue weighted by atomic mass is 35.5. The number of nitrogens with zero attached hydrogens (tertiary/aromatic N) is 2. The Balaban J connectivity index is 2.13. The highest BCUT2D eigenvalue weighted by molar-refractivity contribution is 6.35. The molecule has 0 bridgehead atoms. The molecule has 30 heavy (non-hydrogen) atoms. The maximum absolute atomic E-state index is 13.1. The van der Waals surface area contributed by atoms with E-state index in [4.69, 9.17) is 27.9 Å². The van der Waals surface area contributed by atoms with Crippen molar-refractivity contribution >= 4 is 35.2 Å². The maximum atomic E-state index is 13.1. The lowest BCUT2D eigenvalue weighted by atomic mass is 9.93. The number of nitrogens with one attached hydrogen (secondary N) is 1. The van der Waals surface area contributed by atoms with E-state index in [1.165, 1.54) is 6.42 Å². The Morgan fingerprint density at radius 1 is 1.30 bits per heavy atom. The molecule has 6 nitrogen and oxygen atoms in total. The summed E-state index contributed by atoms with van der Waals surface area (Å²) in [6.07, 6.45) is 5.04. The van der Waals surface area contributed by atoms with Crippen molar-refractivity contribution in [3.8, 4) is 0 Å². The fourth-order valence-electron chi connectivity index (χ4n) is 3.94. The van der Waals surface area contributed by atoms with Gasteiger partial charge in [0, 0.05) is 28.8 Å². The monoisotopic (exact) mass is 451 g/mol. The van der Waals surface area contributed by atoms with Gasteiger partial charge in [0.05, 0.1) is 18.2 Å². The van der Waals surface area contributed by atoms with E-state index in [2.05, 4.69) is 16.8 Å². The highest BCUT2D eigenvalue weighted by Crippen LogP contribution is 2.36. The van der Waals surface area contributed by atoms with Gasteiger partial charge in [-0.15, -0.1) is 6.58 Å². The molecule has 2 aliphatic heterocycles. The van der Waals surface area contributed by atoms with Gasteiger partial charge in [-0.3, -0.25) is 9.80 Å². The smallest absolute Gasteiger partial charge is 0.338 e. The van der Waals surface area contributed by atoms with Crippen molar-refractivity contribution in [2.75, 3.05) is 32.8 Å². The Morgan fingerprint density at radius 3 is 2.67 bits per heavy atom. The summed E-state index contributed by atoms with van der Waals surface area (Å²) in [4.78, 5) is 29.9. The minimum Gasteiger partial charge on any atom is -0.463 e. The summed E-state index contributed by atoms with van der Waals surface area (Å²) in [7, 11) is 0. The summed E-state index contributed by atoms with van der Waals surface area (Å²) >= 11 is 12.5. The fraction of sp³-hybridized carbons (Fsp3) is 0.455. The minimum absolute atomic E-state index is 0.232. The van der Waals surface area contributed by atoms with E-state index in [0.717, 1.165) is 25.9 Å². The second kappa shape index (κ2) is 10.3. The first-order valence-corrected chi connectivity index (χ1v) is 11.0. The van der Waals surface area contributed by atoms with Gasteiger partial charge in [0.25, 0.3) is 0 Å². The molecule has 1 saturated heterocycles. The number of likely N-dealkylation sites (tertiary alicyclic amines) is 1. The van der Waals surface area contributed by atoms with Gasteiger partial charge < -0.3 is 10.1 Å². The Labute approximate surface area is 187 Å². The maximum Gasteiger partial charge on any atom is 0.338 e. The van der Waals surface area contributed by atoms with Crippen LogP contribution in [0.15, 0.2) is 42.1 Å². The SMILES string of the molecule is C=CCN1C(=O)N[C@@H](c2ccc(Cl)cc2Cl)C(C(=O)OCC)=C1CN1CCCCC1. The number of amides is 2. The van der Waals surface area contributed by atoms with Crippen molar-refractivity contribution in [1.82, 2.24) is 15.1 Å². The number of ether oxygens (including phenoxy) is 1. The van der Waals surface area contributed by atoms with Gasteiger partial charge in [-0.1, -0.05) is 41.8 Å². The van der Waals surface area contributed by atoms with Crippen molar-refractivity contribution in [2.24, 2.45) is 0 Å². The topological polar surface area (TPSA) is 61.9 Å². The molecule has 3 rings (SSSR count). The molecule has 0 saturated carbocycles. The van der Waals surface area contributed by atoms with E-state index in [1.807, 2.05) is 0 Å². The van der Waals surface area contributed by atoms with Crippen LogP contribution in [0.25, 0.3) is 0 Å². The molecule has 0 unspecified atom stereocenters. The summed E-state index contributed by atoms with van der Waals surface area (Å²) in [6.45, 7) is 8.39. The molecule has 0 radical (unpaired) electrons. The van der Waals surface area contributed by atoms with E-state index in [0.29, 0.717) is 40.0 Å². The van der Waals surface area contributed by atoms with E-state index >= 15 is 0 Å². The van der Waals surface area contributed by atoms with Crippen LogP contribution in [0.1, 0.15) is 37.8 Å². The molecular formula is C22H27Cl2N3O3. The number of benzene rings is 1. The van der Waals surface area contributed by atoms with Gasteiger partial charge in [0.1, 0.15) is 0 Å². The zero-order valence-corrected chi connectivity index (χ0v) is 18.6. The van der Waals surface area contributed by atoms with E-state index in [-0.39, 0.29) is 12.6 Å². The largest absolute Gasteiger partial charge is 0.463 e. The molecule has 1 N–H and O–H groups in total. The summed E-state index contributed by atoms with van der Waals surface area (Å²) in [5, 5.41) is 3.78. The first-order chi connectivity index (χ1) is 14.5. The molecule has 2 aliphatic rings. The summed E-state index contributed by atoms with van der Waals surface area (Å²) in [5.74, 6) is -0.463. The van der Waals surface area contributed by atoms with Crippen LogP contribution >= 0.6 is 23.2 Å². The number of hydrogen-bond acceptors (Lipinski definition) is 4. The molecule has 2 heterocycles. The van der Waals surface area contributed by atoms with E-state index in [9.17, 15) is 9.59 Å². The molecule has 0 aliphatic carbocycles. The summed E-state index contributed by atoms with van der Waals surface area (Å²) in [6, 6.07) is 4.01. The number of urea groups is 1. The average Bonchev–Trinajstić information content (AvgIpc) is 2.71. The van der Waals surface area contributed by atoms with Crippen LogP contribution in [0.2, 0.25) is 10.0 Å². The molecule has 1 atom stereocenters. The van der Waals surface area contributed by atoms with Crippen LogP contribution in [0.3, 0.4) is 0 Å². The van der Waals surface area contributed by atoms with Gasteiger partial charge in [0.15, 0.2) is 0 Å². The Bertz CT molecular complexity index is 850. The van der Waals surface area contributed by atoms with Crippen LogP contribution in [-0.4, -0.2) is 54.6 Å². The van der Waals surface area contributed by atoms with Crippen LogP contribution in [0.4, 0.5) is 4.79 Å². The first-order valence-electron chi connectivity index (χ1n) is 10.2. The highest BCUT2D eigenvalue weighted by Gasteiger charge is 2.39. The first kappa shape index (κ1) is 22.7. The lowest BCUT2D eigenvalue weighted by Crippen LogP contribution is -2.51. The summed E-state index contributed by atoms with van der Waals surface area (Å²) < 4.78 is 5.39. The molecule has 1 aromatic carbocycles. The van der Waals surface area contributed by atoms with Crippen molar-refractivity contribution in [3.63, 3.8) is 0 Å². The number of carbonyl (C=O) groups excluding carboxylic acids is 2.